The molecule has 6 heteroatoms. The first-order chi connectivity index (χ1) is 12.7. The van der Waals surface area contributed by atoms with Gasteiger partial charge in [0.25, 0.3) is 0 Å². The number of nitrogens with zero attached hydrogens (tertiary/aromatic N) is 4. The number of benzene rings is 1. The number of rotatable bonds is 4. The number of pyridine rings is 1. The van der Waals surface area contributed by atoms with Gasteiger partial charge in [0.15, 0.2) is 0 Å². The molecule has 0 atom stereocenters. The van der Waals surface area contributed by atoms with Crippen LogP contribution in [-0.4, -0.2) is 28.0 Å². The van der Waals surface area contributed by atoms with Crippen LogP contribution in [0.2, 0.25) is 0 Å². The minimum atomic E-state index is -0.338. The molecule has 1 aliphatic rings. The fourth-order valence-electron chi connectivity index (χ4n) is 3.32. The number of hydrogen-bond acceptors (Lipinski definition) is 5. The maximum absolute atomic E-state index is 13.8. The summed E-state index contributed by atoms with van der Waals surface area (Å²) in [6.45, 7) is 5.03. The summed E-state index contributed by atoms with van der Waals surface area (Å²) in [6, 6.07) is 9.05. The smallest absolute Gasteiger partial charge is 0.149 e. The summed E-state index contributed by atoms with van der Waals surface area (Å²) >= 11 is 0. The van der Waals surface area contributed by atoms with Crippen molar-refractivity contribution in [2.24, 2.45) is 5.92 Å². The van der Waals surface area contributed by atoms with Gasteiger partial charge in [-0.3, -0.25) is 0 Å². The molecule has 5 nitrogen and oxygen atoms in total. The molecule has 0 spiro atoms. The second kappa shape index (κ2) is 7.23. The molecular weight excluding hydrogens is 329 g/mol. The van der Waals surface area contributed by atoms with E-state index in [-0.39, 0.29) is 5.82 Å². The molecule has 4 rings (SSSR count). The van der Waals surface area contributed by atoms with Gasteiger partial charge in [-0.25, -0.2) is 19.3 Å². The Hall–Kier alpha value is -2.76. The number of piperidine rings is 1. The molecule has 0 unspecified atom stereocenters. The van der Waals surface area contributed by atoms with Crippen LogP contribution in [0, 0.1) is 11.7 Å². The summed E-state index contributed by atoms with van der Waals surface area (Å²) in [5.41, 5.74) is 1.39. The predicted molar refractivity (Wildman–Crippen MR) is 102 cm³/mol. The van der Waals surface area contributed by atoms with Crippen molar-refractivity contribution in [2.45, 2.75) is 26.3 Å². The molecule has 1 N–H and O–H groups in total. The van der Waals surface area contributed by atoms with E-state index < -0.39 is 0 Å². The number of hydrogen-bond donors (Lipinski definition) is 1. The maximum atomic E-state index is 13.8. The summed E-state index contributed by atoms with van der Waals surface area (Å²) in [4.78, 5) is 15.2. The van der Waals surface area contributed by atoms with Crippen molar-refractivity contribution < 1.29 is 4.39 Å². The molecule has 1 fully saturated rings. The Morgan fingerprint density at radius 2 is 1.96 bits per heavy atom. The summed E-state index contributed by atoms with van der Waals surface area (Å²) in [5.74, 6) is 2.14. The summed E-state index contributed by atoms with van der Waals surface area (Å²) in [5, 5.41) is 3.94. The molecule has 0 saturated carbocycles. The van der Waals surface area contributed by atoms with Gasteiger partial charge in [-0.1, -0.05) is 19.1 Å². The maximum Gasteiger partial charge on any atom is 0.149 e. The predicted octanol–water partition coefficient (Wildman–Crippen LogP) is 4.01. The average molecular weight is 351 g/mol. The van der Waals surface area contributed by atoms with Gasteiger partial charge in [-0.2, -0.15) is 0 Å². The van der Waals surface area contributed by atoms with Crippen LogP contribution in [0.5, 0.6) is 0 Å². The van der Waals surface area contributed by atoms with E-state index in [2.05, 4.69) is 44.2 Å². The van der Waals surface area contributed by atoms with Gasteiger partial charge in [0, 0.05) is 31.2 Å². The van der Waals surface area contributed by atoms with Gasteiger partial charge in [0.2, 0.25) is 0 Å². The van der Waals surface area contributed by atoms with Gasteiger partial charge in [-0.05, 0) is 42.5 Å². The Kier molecular flexibility index (Phi) is 4.65. The van der Waals surface area contributed by atoms with Crippen molar-refractivity contribution in [2.75, 3.05) is 23.3 Å². The Labute approximate surface area is 152 Å². The highest BCUT2D eigenvalue weighted by Gasteiger charge is 2.16. The monoisotopic (exact) mass is 351 g/mol. The first-order valence-electron chi connectivity index (χ1n) is 9.03. The Morgan fingerprint density at radius 1 is 1.12 bits per heavy atom. The SMILES string of the molecule is CC1CCN(c2ccc(CNc3ncnc4c(F)cccc34)cn2)CC1. The van der Waals surface area contributed by atoms with E-state index in [0.717, 1.165) is 30.4 Å². The lowest BCUT2D eigenvalue weighted by Crippen LogP contribution is -2.33. The normalized spacial score (nSPS) is 15.4. The molecule has 0 radical (unpaired) electrons. The molecule has 1 saturated heterocycles. The number of aromatic nitrogens is 3. The zero-order chi connectivity index (χ0) is 17.9. The lowest BCUT2D eigenvalue weighted by molar-refractivity contribution is 0.436. The molecule has 2 aromatic heterocycles. The molecule has 1 aromatic carbocycles. The van der Waals surface area contributed by atoms with Gasteiger partial charge >= 0.3 is 0 Å². The molecule has 0 amide bonds. The molecule has 0 aliphatic carbocycles. The van der Waals surface area contributed by atoms with Crippen LogP contribution in [0.1, 0.15) is 25.3 Å². The second-order valence-corrected chi connectivity index (χ2v) is 6.91. The zero-order valence-electron chi connectivity index (χ0n) is 14.8. The quantitative estimate of drug-likeness (QED) is 0.770. The third-order valence-electron chi connectivity index (χ3n) is 4.99. The van der Waals surface area contributed by atoms with Crippen molar-refractivity contribution in [1.82, 2.24) is 15.0 Å². The Bertz CT molecular complexity index is 888. The van der Waals surface area contributed by atoms with Crippen LogP contribution in [0.25, 0.3) is 10.9 Å². The van der Waals surface area contributed by atoms with E-state index in [9.17, 15) is 4.39 Å². The molecule has 3 heterocycles. The molecule has 3 aromatic rings. The molecule has 1 aliphatic heterocycles. The third-order valence-corrected chi connectivity index (χ3v) is 4.99. The first-order valence-corrected chi connectivity index (χ1v) is 9.03. The summed E-state index contributed by atoms with van der Waals surface area (Å²) in [7, 11) is 0. The number of halogens is 1. The lowest BCUT2D eigenvalue weighted by atomic mass is 9.99. The van der Waals surface area contributed by atoms with Crippen LogP contribution in [0.3, 0.4) is 0 Å². The fraction of sp³-hybridized carbons (Fsp3) is 0.350. The van der Waals surface area contributed by atoms with Gasteiger partial charge in [0.1, 0.15) is 29.3 Å². The first kappa shape index (κ1) is 16.7. The van der Waals surface area contributed by atoms with Gasteiger partial charge in [0.05, 0.1) is 0 Å². The molecular formula is C20H22FN5. The third kappa shape index (κ3) is 3.45. The number of fused-ring (bicyclic) bond motifs is 1. The second-order valence-electron chi connectivity index (χ2n) is 6.91. The van der Waals surface area contributed by atoms with Gasteiger partial charge < -0.3 is 10.2 Å². The summed E-state index contributed by atoms with van der Waals surface area (Å²) < 4.78 is 13.8. The zero-order valence-corrected chi connectivity index (χ0v) is 14.8. The van der Waals surface area contributed by atoms with E-state index in [1.54, 1.807) is 6.07 Å². The van der Waals surface area contributed by atoms with E-state index in [1.807, 2.05) is 12.3 Å². The van der Waals surface area contributed by atoms with Crippen molar-refractivity contribution in [1.29, 1.82) is 0 Å². The van der Waals surface area contributed by atoms with E-state index in [1.165, 1.54) is 25.2 Å². The topological polar surface area (TPSA) is 53.9 Å². The van der Waals surface area contributed by atoms with Crippen molar-refractivity contribution in [3.63, 3.8) is 0 Å². The number of nitrogens with one attached hydrogen (secondary N) is 1. The highest BCUT2D eigenvalue weighted by molar-refractivity contribution is 5.89. The minimum absolute atomic E-state index is 0.331. The highest BCUT2D eigenvalue weighted by atomic mass is 19.1. The average Bonchev–Trinajstić information content (AvgIpc) is 2.68. The van der Waals surface area contributed by atoms with Gasteiger partial charge in [-0.15, -0.1) is 0 Å². The Balaban J connectivity index is 1.45. The van der Waals surface area contributed by atoms with Crippen molar-refractivity contribution >= 4 is 22.5 Å². The van der Waals surface area contributed by atoms with Crippen LogP contribution in [0.15, 0.2) is 42.9 Å². The van der Waals surface area contributed by atoms with E-state index >= 15 is 0 Å². The van der Waals surface area contributed by atoms with E-state index in [4.69, 9.17) is 0 Å². The van der Waals surface area contributed by atoms with Crippen molar-refractivity contribution in [3.05, 3.63) is 54.2 Å². The van der Waals surface area contributed by atoms with E-state index in [0.29, 0.717) is 23.3 Å². The summed E-state index contributed by atoms with van der Waals surface area (Å²) in [6.07, 6.45) is 5.72. The number of para-hydroxylation sites is 1. The lowest BCUT2D eigenvalue weighted by Gasteiger charge is -2.31. The molecule has 26 heavy (non-hydrogen) atoms. The molecule has 0 bridgehead atoms. The Morgan fingerprint density at radius 3 is 2.73 bits per heavy atom. The minimum Gasteiger partial charge on any atom is -0.365 e. The largest absolute Gasteiger partial charge is 0.365 e. The van der Waals surface area contributed by atoms with Crippen LogP contribution in [0.4, 0.5) is 16.0 Å². The molecule has 134 valence electrons. The standard InChI is InChI=1S/C20H22FN5/c1-14-7-9-26(10-8-14)18-6-5-15(11-22-18)12-23-20-16-3-2-4-17(21)19(16)24-13-25-20/h2-6,11,13-14H,7-10,12H2,1H3,(H,23,24,25). The highest BCUT2D eigenvalue weighted by Crippen LogP contribution is 2.23. The van der Waals surface area contributed by atoms with Crippen LogP contribution < -0.4 is 10.2 Å². The van der Waals surface area contributed by atoms with Crippen LogP contribution >= 0.6 is 0 Å². The van der Waals surface area contributed by atoms with Crippen molar-refractivity contribution in [3.8, 4) is 0 Å². The van der Waals surface area contributed by atoms with Crippen LogP contribution in [-0.2, 0) is 6.54 Å². The number of anilines is 2. The fourth-order valence-corrected chi connectivity index (χ4v) is 3.32.